The molecule has 3 saturated heterocycles. The molecule has 63 heavy (non-hydrogen) atoms. The van der Waals surface area contributed by atoms with Gasteiger partial charge in [-0.3, -0.25) is 14.5 Å². The van der Waals surface area contributed by atoms with Crippen LogP contribution in [0.25, 0.3) is 22.3 Å². The largest absolute Gasteiger partial charge is 0.491 e. The average Bonchev–Trinajstić information content (AvgIpc) is 3.91. The van der Waals surface area contributed by atoms with Crippen LogP contribution in [0.1, 0.15) is 73.6 Å². The van der Waals surface area contributed by atoms with Crippen molar-refractivity contribution in [3.63, 3.8) is 0 Å². The topological polar surface area (TPSA) is 206 Å². The zero-order chi connectivity index (χ0) is 44.8. The summed E-state index contributed by atoms with van der Waals surface area (Å²) in [5, 5.41) is 22.7. The lowest BCUT2D eigenvalue weighted by molar-refractivity contribution is -0.146. The number of thiazole rings is 1. The van der Waals surface area contributed by atoms with Crippen molar-refractivity contribution in [2.24, 2.45) is 11.3 Å². The van der Waals surface area contributed by atoms with Crippen molar-refractivity contribution in [1.82, 2.24) is 30.4 Å². The molecule has 0 spiro atoms. The highest BCUT2D eigenvalue weighted by atomic mass is 35.5. The van der Waals surface area contributed by atoms with Crippen LogP contribution in [0.5, 0.6) is 11.5 Å². The van der Waals surface area contributed by atoms with Crippen molar-refractivity contribution >= 4 is 62.8 Å². The molecule has 17 nitrogen and oxygen atoms in total. The van der Waals surface area contributed by atoms with E-state index in [0.717, 1.165) is 13.1 Å². The Kier molecular flexibility index (Phi) is 13.0. The summed E-state index contributed by atoms with van der Waals surface area (Å²) < 4.78 is 29.7. The number of rotatable bonds is 16. The standard InChI is InChI=1S/C44H58ClN7O10S/c1-7-24-20-44(24,40(55)56)50-38(53)30-16-26(21-52(30)39(54)37(43(4,5)6)49-42(57)61-25-17-33-34(18-25)62-33)60-32-19-28(29-22-63-41(48-29)46-23(2)3)47-36-27(32)8-9-31(35(36)45)59-15-12-51-10-13-58-14-11-51/h8-9,19,22-26,30,33-34,37H,7,10-18,20-21H2,1-6H3,(H,46,48)(H,49,57)(H,50,53)(H,55,56)/t24-,25?,26-,30+,33-,34+,37-,44-/m1/s1. The van der Waals surface area contributed by atoms with Crippen molar-refractivity contribution in [3.8, 4) is 22.9 Å². The number of morpholine rings is 1. The molecular weight excluding hydrogens is 854 g/mol. The van der Waals surface area contributed by atoms with Crippen molar-refractivity contribution in [2.45, 2.75) is 122 Å². The fraction of sp³-hybridized carbons (Fsp3) is 0.636. The third kappa shape index (κ3) is 9.94. The van der Waals surface area contributed by atoms with E-state index in [-0.39, 0.29) is 49.7 Å². The molecule has 5 aliphatic rings. The first-order chi connectivity index (χ1) is 30.0. The van der Waals surface area contributed by atoms with Crippen LogP contribution in [-0.4, -0.2) is 143 Å². The van der Waals surface area contributed by atoms with E-state index in [9.17, 15) is 24.3 Å². The summed E-state index contributed by atoms with van der Waals surface area (Å²) >= 11 is 8.54. The molecule has 0 bridgehead atoms. The first kappa shape index (κ1) is 45.1. The highest BCUT2D eigenvalue weighted by molar-refractivity contribution is 7.14. The van der Waals surface area contributed by atoms with E-state index in [1.165, 1.54) is 16.2 Å². The number of aromatic nitrogens is 2. The molecule has 342 valence electrons. The summed E-state index contributed by atoms with van der Waals surface area (Å²) in [6.45, 7) is 15.5. The van der Waals surface area contributed by atoms with E-state index < -0.39 is 53.0 Å². The number of carboxylic acid groups (broad SMARTS) is 1. The van der Waals surface area contributed by atoms with Gasteiger partial charge in [0.2, 0.25) is 11.8 Å². The molecule has 0 radical (unpaired) electrons. The van der Waals surface area contributed by atoms with Crippen molar-refractivity contribution in [1.29, 1.82) is 0 Å². The molecular formula is C44H58ClN7O10S. The van der Waals surface area contributed by atoms with Crippen LogP contribution >= 0.6 is 22.9 Å². The van der Waals surface area contributed by atoms with E-state index in [1.807, 2.05) is 53.0 Å². The fourth-order valence-corrected chi connectivity index (χ4v) is 10.0. The number of carbonyl (C=O) groups is 4. The average molecular weight is 913 g/mol. The SMILES string of the molecule is CC[C@@H]1C[C@]1(NC(=O)[C@@H]1C[C@@H](Oc2cc(-c3csc(NC(C)C)n3)nc3c(Cl)c(OCCN4CCOCC4)ccc23)CN1C(=O)[C@@H](NC(=O)OC1C[C@@H]2O[C@@H]2C1)C(C)(C)C)C(=O)O. The minimum atomic E-state index is -1.43. The maximum absolute atomic E-state index is 14.8. The number of hydrogen-bond donors (Lipinski definition) is 4. The van der Waals surface area contributed by atoms with E-state index in [0.29, 0.717) is 89.6 Å². The first-order valence-electron chi connectivity index (χ1n) is 22.0. The van der Waals surface area contributed by atoms with Gasteiger partial charge in [0.1, 0.15) is 58.7 Å². The van der Waals surface area contributed by atoms with Gasteiger partial charge >= 0.3 is 12.1 Å². The summed E-state index contributed by atoms with van der Waals surface area (Å²) in [6, 6.07) is 3.31. The van der Waals surface area contributed by atoms with Gasteiger partial charge < -0.3 is 49.6 Å². The number of carboxylic acids is 1. The molecule has 1 aromatic carbocycles. The number of anilines is 1. The Morgan fingerprint density at radius 3 is 2.46 bits per heavy atom. The van der Waals surface area contributed by atoms with Crippen molar-refractivity contribution in [2.75, 3.05) is 51.3 Å². The molecule has 2 saturated carbocycles. The summed E-state index contributed by atoms with van der Waals surface area (Å²) in [7, 11) is 0. The van der Waals surface area contributed by atoms with Crippen LogP contribution in [-0.2, 0) is 28.6 Å². The predicted molar refractivity (Wildman–Crippen MR) is 235 cm³/mol. The number of likely N-dealkylation sites (tertiary alicyclic amines) is 1. The number of epoxide rings is 1. The Bertz CT molecular complexity index is 2200. The summed E-state index contributed by atoms with van der Waals surface area (Å²) in [5.41, 5.74) is -0.740. The maximum Gasteiger partial charge on any atom is 0.408 e. The molecule has 1 unspecified atom stereocenters. The maximum atomic E-state index is 14.8. The molecule has 3 amide bonds. The predicted octanol–water partition coefficient (Wildman–Crippen LogP) is 5.33. The fourth-order valence-electron chi connectivity index (χ4n) is 8.93. The number of pyridine rings is 1. The second-order valence-electron chi connectivity index (χ2n) is 18.6. The first-order valence-corrected chi connectivity index (χ1v) is 23.2. The molecule has 19 heteroatoms. The number of halogens is 1. The number of fused-ring (bicyclic) bond motifs is 2. The number of nitrogens with zero attached hydrogens (tertiary/aromatic N) is 4. The van der Waals surface area contributed by atoms with Gasteiger partial charge in [0.15, 0.2) is 5.13 Å². The van der Waals surface area contributed by atoms with Gasteiger partial charge in [-0.05, 0) is 43.7 Å². The van der Waals surface area contributed by atoms with Crippen LogP contribution < -0.4 is 25.4 Å². The van der Waals surface area contributed by atoms with Crippen LogP contribution in [0.2, 0.25) is 5.02 Å². The number of carbonyl (C=O) groups excluding carboxylic acids is 3. The molecule has 8 rings (SSSR count). The third-order valence-electron chi connectivity index (χ3n) is 12.6. The molecule has 5 heterocycles. The Labute approximate surface area is 375 Å². The zero-order valence-corrected chi connectivity index (χ0v) is 38.2. The van der Waals surface area contributed by atoms with Crippen molar-refractivity contribution in [3.05, 3.63) is 28.6 Å². The molecule has 4 N–H and O–H groups in total. The monoisotopic (exact) mass is 911 g/mol. The van der Waals surface area contributed by atoms with E-state index in [2.05, 4.69) is 20.9 Å². The number of nitrogens with one attached hydrogen (secondary N) is 3. The summed E-state index contributed by atoms with van der Waals surface area (Å²) in [4.78, 5) is 68.4. The normalized spacial score (nSPS) is 27.1. The minimum absolute atomic E-state index is 0.0327. The quantitative estimate of drug-likeness (QED) is 0.134. The summed E-state index contributed by atoms with van der Waals surface area (Å²) in [6.07, 6.45) is 0.474. The van der Waals surface area contributed by atoms with Crippen LogP contribution in [0.3, 0.4) is 0 Å². The summed E-state index contributed by atoms with van der Waals surface area (Å²) in [5.74, 6) is -1.65. The number of amides is 3. The van der Waals surface area contributed by atoms with Gasteiger partial charge in [-0.15, -0.1) is 11.3 Å². The Morgan fingerprint density at radius 2 is 1.79 bits per heavy atom. The molecule has 2 aliphatic carbocycles. The second kappa shape index (κ2) is 18.2. The van der Waals surface area contributed by atoms with Crippen LogP contribution in [0.15, 0.2) is 23.6 Å². The lowest BCUT2D eigenvalue weighted by Gasteiger charge is -2.35. The van der Waals surface area contributed by atoms with Crippen LogP contribution in [0, 0.1) is 11.3 Å². The number of benzene rings is 1. The molecule has 5 fully saturated rings. The second-order valence-corrected chi connectivity index (χ2v) is 19.9. The molecule has 3 aliphatic heterocycles. The van der Waals surface area contributed by atoms with Gasteiger partial charge in [-0.1, -0.05) is 45.7 Å². The smallest absolute Gasteiger partial charge is 0.408 e. The zero-order valence-electron chi connectivity index (χ0n) is 36.6. The van der Waals surface area contributed by atoms with E-state index in [4.69, 9.17) is 45.3 Å². The lowest BCUT2D eigenvalue weighted by atomic mass is 9.85. The highest BCUT2D eigenvalue weighted by Gasteiger charge is 2.61. The van der Waals surface area contributed by atoms with Gasteiger partial charge in [-0.2, -0.15) is 0 Å². The molecule has 2 aromatic heterocycles. The highest BCUT2D eigenvalue weighted by Crippen LogP contribution is 2.47. The number of ether oxygens (including phenoxy) is 5. The number of hydrogen-bond acceptors (Lipinski definition) is 14. The Hall–Kier alpha value is -4.49. The van der Waals surface area contributed by atoms with Gasteiger partial charge in [-0.25, -0.2) is 19.6 Å². The van der Waals surface area contributed by atoms with Crippen molar-refractivity contribution < 1.29 is 48.0 Å². The number of alkyl carbamates (subject to hydrolysis) is 1. The van der Waals surface area contributed by atoms with Gasteiger partial charge in [0, 0.05) is 61.8 Å². The molecule has 8 atom stereocenters. The Morgan fingerprint density at radius 1 is 1.05 bits per heavy atom. The van der Waals surface area contributed by atoms with Gasteiger partial charge in [0.05, 0.1) is 43.2 Å². The van der Waals surface area contributed by atoms with E-state index in [1.54, 1.807) is 12.1 Å². The van der Waals surface area contributed by atoms with Gasteiger partial charge in [0.25, 0.3) is 0 Å². The van der Waals surface area contributed by atoms with Crippen LogP contribution in [0.4, 0.5) is 9.93 Å². The molecule has 3 aromatic rings. The minimum Gasteiger partial charge on any atom is -0.491 e. The Balaban J connectivity index is 1.09. The number of aliphatic carboxylic acids is 1. The lowest BCUT2D eigenvalue weighted by Crippen LogP contribution is -2.59. The van der Waals surface area contributed by atoms with E-state index >= 15 is 0 Å². The third-order valence-corrected chi connectivity index (χ3v) is 13.7.